The monoisotopic (exact) mass is 254 g/mol. The van der Waals surface area contributed by atoms with Crippen molar-refractivity contribution in [1.29, 1.82) is 0 Å². The summed E-state index contributed by atoms with van der Waals surface area (Å²) in [5.74, 6) is 0.490. The average molecular weight is 254 g/mol. The van der Waals surface area contributed by atoms with Crippen molar-refractivity contribution in [1.82, 2.24) is 4.98 Å². The summed E-state index contributed by atoms with van der Waals surface area (Å²) < 4.78 is 14.1. The van der Waals surface area contributed by atoms with Crippen LogP contribution in [-0.2, 0) is 12.3 Å². The van der Waals surface area contributed by atoms with E-state index in [2.05, 4.69) is 4.98 Å². The Balaban J connectivity index is 2.11. The summed E-state index contributed by atoms with van der Waals surface area (Å²) in [6.45, 7) is 0.439. The second kappa shape index (κ2) is 5.43. The largest absolute Gasteiger partial charge is 0.326 e. The van der Waals surface area contributed by atoms with Gasteiger partial charge in [0.25, 0.3) is 0 Å². The highest BCUT2D eigenvalue weighted by molar-refractivity contribution is 8.00. The van der Waals surface area contributed by atoms with Gasteiger partial charge >= 0.3 is 0 Å². The van der Waals surface area contributed by atoms with Gasteiger partial charge in [0.15, 0.2) is 0 Å². The highest BCUT2D eigenvalue weighted by atomic mass is 32.2. The molecule has 1 heterocycles. The normalized spacial score (nSPS) is 10.6. The molecule has 0 radical (unpaired) electrons. The fourth-order valence-electron chi connectivity index (χ4n) is 1.35. The molecule has 2 aromatic rings. The van der Waals surface area contributed by atoms with E-state index < -0.39 is 0 Å². The minimum Gasteiger partial charge on any atom is -0.326 e. The molecule has 84 valence electrons. The van der Waals surface area contributed by atoms with Crippen molar-refractivity contribution in [2.45, 2.75) is 16.6 Å². The number of nitrogens with zero attached hydrogens (tertiary/aromatic N) is 1. The number of aromatic nitrogens is 1. The van der Waals surface area contributed by atoms with Gasteiger partial charge in [-0.25, -0.2) is 9.37 Å². The zero-order valence-corrected chi connectivity index (χ0v) is 10.2. The number of rotatable bonds is 4. The minimum atomic E-state index is -0.216. The third-order valence-electron chi connectivity index (χ3n) is 2.15. The van der Waals surface area contributed by atoms with Gasteiger partial charge in [0.1, 0.15) is 10.2 Å². The molecule has 1 aromatic carbocycles. The first-order chi connectivity index (χ1) is 7.79. The molecular weight excluding hydrogens is 243 g/mol. The summed E-state index contributed by atoms with van der Waals surface area (Å²) in [7, 11) is 0. The van der Waals surface area contributed by atoms with Crippen LogP contribution in [0.1, 0.15) is 11.1 Å². The highest BCUT2D eigenvalue weighted by Crippen LogP contribution is 2.26. The Morgan fingerprint density at radius 3 is 2.94 bits per heavy atom. The predicted molar refractivity (Wildman–Crippen MR) is 66.0 cm³/mol. The molecule has 0 spiro atoms. The minimum absolute atomic E-state index is 0.216. The fraction of sp³-hybridized carbons (Fsp3) is 0.182. The van der Waals surface area contributed by atoms with Crippen molar-refractivity contribution in [3.05, 3.63) is 46.7 Å². The molecule has 2 N–H and O–H groups in total. The Morgan fingerprint density at radius 1 is 1.38 bits per heavy atom. The van der Waals surface area contributed by atoms with Crippen LogP contribution >= 0.6 is 23.1 Å². The van der Waals surface area contributed by atoms with E-state index in [1.807, 2.05) is 5.38 Å². The Morgan fingerprint density at radius 2 is 2.25 bits per heavy atom. The van der Waals surface area contributed by atoms with Crippen molar-refractivity contribution in [3.63, 3.8) is 0 Å². The topological polar surface area (TPSA) is 38.9 Å². The van der Waals surface area contributed by atoms with Gasteiger partial charge in [-0.1, -0.05) is 17.8 Å². The van der Waals surface area contributed by atoms with Gasteiger partial charge in [-0.05, 0) is 23.3 Å². The zero-order valence-electron chi connectivity index (χ0n) is 8.52. The van der Waals surface area contributed by atoms with Gasteiger partial charge < -0.3 is 5.73 Å². The molecule has 0 aliphatic carbocycles. The van der Waals surface area contributed by atoms with Crippen molar-refractivity contribution in [2.75, 3.05) is 0 Å². The van der Waals surface area contributed by atoms with Crippen LogP contribution in [0.4, 0.5) is 4.39 Å². The Bertz CT molecular complexity index is 457. The summed E-state index contributed by atoms with van der Waals surface area (Å²) >= 11 is 3.19. The fourth-order valence-corrected chi connectivity index (χ4v) is 3.01. The van der Waals surface area contributed by atoms with Gasteiger partial charge in [0.2, 0.25) is 0 Å². The van der Waals surface area contributed by atoms with E-state index in [-0.39, 0.29) is 5.82 Å². The molecule has 2 nitrogen and oxygen atoms in total. The summed E-state index contributed by atoms with van der Waals surface area (Å²) in [5.41, 5.74) is 7.54. The lowest BCUT2D eigenvalue weighted by molar-refractivity contribution is 0.625. The average Bonchev–Trinajstić information content (AvgIpc) is 2.79. The van der Waals surface area contributed by atoms with Gasteiger partial charge in [-0.2, -0.15) is 0 Å². The van der Waals surface area contributed by atoms with E-state index in [1.165, 1.54) is 6.07 Å². The van der Waals surface area contributed by atoms with Gasteiger partial charge in [0.05, 0.1) is 0 Å². The van der Waals surface area contributed by atoms with Crippen LogP contribution in [-0.4, -0.2) is 4.98 Å². The summed E-state index contributed by atoms with van der Waals surface area (Å²) in [6, 6.07) is 4.73. The standard InChI is InChI=1S/C11H11FN2S2/c12-10-2-1-8(6-13)9(5-10)7-16-11-14-3-4-15-11/h1-5H,6-7,13H2. The number of nitrogens with two attached hydrogens (primary N) is 1. The SMILES string of the molecule is NCc1ccc(F)cc1CSc1nccs1. The van der Waals surface area contributed by atoms with E-state index in [0.29, 0.717) is 12.3 Å². The van der Waals surface area contributed by atoms with Crippen molar-refractivity contribution >= 4 is 23.1 Å². The molecule has 2 rings (SSSR count). The molecule has 0 unspecified atom stereocenters. The van der Waals surface area contributed by atoms with Crippen LogP contribution in [0.15, 0.2) is 34.1 Å². The van der Waals surface area contributed by atoms with Crippen LogP contribution in [0.5, 0.6) is 0 Å². The first-order valence-corrected chi connectivity index (χ1v) is 6.66. The third kappa shape index (κ3) is 2.81. The van der Waals surface area contributed by atoms with Crippen LogP contribution in [0.25, 0.3) is 0 Å². The molecule has 0 saturated heterocycles. The van der Waals surface area contributed by atoms with E-state index in [0.717, 1.165) is 15.5 Å². The maximum atomic E-state index is 13.1. The molecule has 0 bridgehead atoms. The first kappa shape index (κ1) is 11.6. The maximum absolute atomic E-state index is 13.1. The number of thioether (sulfide) groups is 1. The molecule has 0 saturated carbocycles. The number of hydrogen-bond acceptors (Lipinski definition) is 4. The smallest absolute Gasteiger partial charge is 0.150 e. The Kier molecular flexibility index (Phi) is 3.93. The number of hydrogen-bond donors (Lipinski definition) is 1. The second-order valence-corrected chi connectivity index (χ2v) is 5.32. The molecule has 0 fully saturated rings. The lowest BCUT2D eigenvalue weighted by Crippen LogP contribution is -2.01. The van der Waals surface area contributed by atoms with E-state index in [9.17, 15) is 4.39 Å². The van der Waals surface area contributed by atoms with Crippen LogP contribution in [0, 0.1) is 5.82 Å². The van der Waals surface area contributed by atoms with E-state index in [4.69, 9.17) is 5.73 Å². The Labute approximate surface area is 102 Å². The Hall–Kier alpha value is -0.910. The summed E-state index contributed by atoms with van der Waals surface area (Å²) in [6.07, 6.45) is 1.77. The van der Waals surface area contributed by atoms with Gasteiger partial charge in [0, 0.05) is 23.9 Å². The van der Waals surface area contributed by atoms with Crippen LogP contribution < -0.4 is 5.73 Å². The zero-order chi connectivity index (χ0) is 11.4. The second-order valence-electron chi connectivity index (χ2n) is 3.20. The van der Waals surface area contributed by atoms with E-state index >= 15 is 0 Å². The summed E-state index contributed by atoms with van der Waals surface area (Å²) in [5, 5.41) is 1.93. The predicted octanol–water partition coefficient (Wildman–Crippen LogP) is 3.03. The molecule has 0 aliphatic rings. The molecule has 5 heteroatoms. The van der Waals surface area contributed by atoms with Gasteiger partial charge in [-0.3, -0.25) is 0 Å². The quantitative estimate of drug-likeness (QED) is 0.852. The number of benzene rings is 1. The third-order valence-corrected chi connectivity index (χ3v) is 4.16. The molecule has 0 atom stereocenters. The molecular formula is C11H11FN2S2. The van der Waals surface area contributed by atoms with Crippen molar-refractivity contribution in [2.24, 2.45) is 5.73 Å². The summed E-state index contributed by atoms with van der Waals surface area (Å²) in [4.78, 5) is 4.17. The molecule has 16 heavy (non-hydrogen) atoms. The van der Waals surface area contributed by atoms with Crippen LogP contribution in [0.3, 0.4) is 0 Å². The lowest BCUT2D eigenvalue weighted by Gasteiger charge is -2.06. The van der Waals surface area contributed by atoms with Crippen molar-refractivity contribution < 1.29 is 4.39 Å². The number of halogens is 1. The van der Waals surface area contributed by atoms with E-state index in [1.54, 1.807) is 41.4 Å². The van der Waals surface area contributed by atoms with Crippen molar-refractivity contribution in [3.8, 4) is 0 Å². The molecule has 1 aromatic heterocycles. The first-order valence-electron chi connectivity index (χ1n) is 4.79. The maximum Gasteiger partial charge on any atom is 0.150 e. The number of thiazole rings is 1. The molecule has 0 amide bonds. The lowest BCUT2D eigenvalue weighted by atomic mass is 10.1. The molecule has 0 aliphatic heterocycles. The van der Waals surface area contributed by atoms with Crippen LogP contribution in [0.2, 0.25) is 0 Å². The van der Waals surface area contributed by atoms with Gasteiger partial charge in [-0.15, -0.1) is 11.3 Å². The highest BCUT2D eigenvalue weighted by Gasteiger charge is 2.05.